The van der Waals surface area contributed by atoms with Crippen LogP contribution in [0.15, 0.2) is 17.5 Å². The van der Waals surface area contributed by atoms with E-state index in [1.54, 1.807) is 16.2 Å². The SMILES string of the molecule is CS(=O)(=O)N(CC(=O)O)CC1CN(C(=O)CCc2cccs2)CCO1. The third-order valence-corrected chi connectivity index (χ3v) is 6.00. The van der Waals surface area contributed by atoms with Gasteiger partial charge < -0.3 is 14.7 Å². The Morgan fingerprint density at radius 2 is 2.24 bits per heavy atom. The highest BCUT2D eigenvalue weighted by molar-refractivity contribution is 7.88. The number of hydrogen-bond acceptors (Lipinski definition) is 6. The van der Waals surface area contributed by atoms with E-state index >= 15 is 0 Å². The second kappa shape index (κ2) is 8.75. The summed E-state index contributed by atoms with van der Waals surface area (Å²) < 4.78 is 29.8. The van der Waals surface area contributed by atoms with E-state index in [1.807, 2.05) is 17.5 Å². The number of amides is 1. The minimum atomic E-state index is -3.67. The number of aryl methyl sites for hydroxylation is 1. The van der Waals surface area contributed by atoms with Gasteiger partial charge in [-0.05, 0) is 17.9 Å². The van der Waals surface area contributed by atoms with Crippen molar-refractivity contribution in [2.75, 3.05) is 39.0 Å². The monoisotopic (exact) mass is 390 g/mol. The topological polar surface area (TPSA) is 104 Å². The van der Waals surface area contributed by atoms with Gasteiger partial charge in [-0.25, -0.2) is 8.42 Å². The number of carbonyl (C=O) groups is 2. The predicted molar refractivity (Wildman–Crippen MR) is 93.0 cm³/mol. The Morgan fingerprint density at radius 1 is 1.48 bits per heavy atom. The van der Waals surface area contributed by atoms with Gasteiger partial charge in [-0.1, -0.05) is 6.07 Å². The molecule has 1 saturated heterocycles. The zero-order valence-corrected chi connectivity index (χ0v) is 15.6. The van der Waals surface area contributed by atoms with Gasteiger partial charge in [0.05, 0.1) is 19.0 Å². The van der Waals surface area contributed by atoms with Crippen LogP contribution in [0.5, 0.6) is 0 Å². The molecular formula is C15H22N2O6S2. The van der Waals surface area contributed by atoms with Gasteiger partial charge in [0, 0.05) is 30.9 Å². The van der Waals surface area contributed by atoms with Crippen LogP contribution in [0.2, 0.25) is 0 Å². The lowest BCUT2D eigenvalue weighted by molar-refractivity contribution is -0.141. The predicted octanol–water partition coefficient (Wildman–Crippen LogP) is 0.254. The van der Waals surface area contributed by atoms with E-state index in [0.29, 0.717) is 26.0 Å². The molecule has 140 valence electrons. The zero-order chi connectivity index (χ0) is 18.4. The van der Waals surface area contributed by atoms with E-state index in [-0.39, 0.29) is 19.0 Å². The van der Waals surface area contributed by atoms with Gasteiger partial charge >= 0.3 is 5.97 Å². The lowest BCUT2D eigenvalue weighted by Gasteiger charge is -2.35. The minimum absolute atomic E-state index is 0.00848. The standard InChI is InChI=1S/C15H22N2O6S2/c1-25(21,22)17(11-15(19)20)10-12-9-16(6-7-23-12)14(18)5-4-13-3-2-8-24-13/h2-3,8,12H,4-7,9-11H2,1H3,(H,19,20). The van der Waals surface area contributed by atoms with Crippen molar-refractivity contribution in [1.82, 2.24) is 9.21 Å². The molecule has 1 unspecified atom stereocenters. The maximum Gasteiger partial charge on any atom is 0.318 e. The van der Waals surface area contributed by atoms with Crippen LogP contribution in [0.4, 0.5) is 0 Å². The van der Waals surface area contributed by atoms with Crippen LogP contribution in [0.3, 0.4) is 0 Å². The summed E-state index contributed by atoms with van der Waals surface area (Å²) in [6.45, 7) is 0.317. The zero-order valence-electron chi connectivity index (χ0n) is 14.0. The molecule has 1 aliphatic rings. The van der Waals surface area contributed by atoms with Crippen molar-refractivity contribution in [2.24, 2.45) is 0 Å². The molecule has 0 saturated carbocycles. The van der Waals surface area contributed by atoms with E-state index in [9.17, 15) is 18.0 Å². The fraction of sp³-hybridized carbons (Fsp3) is 0.600. The first-order chi connectivity index (χ1) is 11.8. The molecule has 0 radical (unpaired) electrons. The Labute approximate surface area is 151 Å². The summed E-state index contributed by atoms with van der Waals surface area (Å²) in [5, 5.41) is 10.8. The highest BCUT2D eigenvalue weighted by Crippen LogP contribution is 2.14. The van der Waals surface area contributed by atoms with Crippen molar-refractivity contribution >= 4 is 33.2 Å². The molecule has 2 rings (SSSR count). The maximum atomic E-state index is 12.3. The molecule has 1 aromatic rings. The average Bonchev–Trinajstić information content (AvgIpc) is 3.04. The minimum Gasteiger partial charge on any atom is -0.480 e. The van der Waals surface area contributed by atoms with Crippen molar-refractivity contribution in [3.8, 4) is 0 Å². The van der Waals surface area contributed by atoms with Crippen LogP contribution < -0.4 is 0 Å². The van der Waals surface area contributed by atoms with Crippen molar-refractivity contribution in [3.63, 3.8) is 0 Å². The molecule has 1 aromatic heterocycles. The fourth-order valence-electron chi connectivity index (χ4n) is 2.59. The number of aliphatic carboxylic acids is 1. The summed E-state index contributed by atoms with van der Waals surface area (Å²) in [5.41, 5.74) is 0. The lowest BCUT2D eigenvalue weighted by Crippen LogP contribution is -2.51. The van der Waals surface area contributed by atoms with Gasteiger partial charge in [-0.3, -0.25) is 9.59 Å². The van der Waals surface area contributed by atoms with E-state index in [0.717, 1.165) is 15.4 Å². The number of hydrogen-bond donors (Lipinski definition) is 1. The summed E-state index contributed by atoms with van der Waals surface area (Å²) in [6, 6.07) is 3.92. The summed E-state index contributed by atoms with van der Waals surface area (Å²) in [6.07, 6.45) is 1.49. The quantitative estimate of drug-likeness (QED) is 0.683. The average molecular weight is 390 g/mol. The molecule has 8 nitrogen and oxygen atoms in total. The van der Waals surface area contributed by atoms with Crippen LogP contribution in [0.1, 0.15) is 11.3 Å². The highest BCUT2D eigenvalue weighted by atomic mass is 32.2. The second-order valence-corrected chi connectivity index (χ2v) is 8.88. The molecule has 1 aliphatic heterocycles. The Bertz CT molecular complexity index is 689. The Hall–Kier alpha value is -1.49. The Balaban J connectivity index is 1.90. The van der Waals surface area contributed by atoms with Gasteiger partial charge in [0.1, 0.15) is 6.54 Å². The molecule has 0 spiro atoms. The molecule has 1 atom stereocenters. The van der Waals surface area contributed by atoms with Crippen molar-refractivity contribution in [3.05, 3.63) is 22.4 Å². The van der Waals surface area contributed by atoms with Gasteiger partial charge in [0.2, 0.25) is 15.9 Å². The van der Waals surface area contributed by atoms with Crippen LogP contribution in [0, 0.1) is 0 Å². The molecule has 1 amide bonds. The summed E-state index contributed by atoms with van der Waals surface area (Å²) in [4.78, 5) is 26.0. The van der Waals surface area contributed by atoms with E-state index in [4.69, 9.17) is 9.84 Å². The largest absolute Gasteiger partial charge is 0.480 e. The van der Waals surface area contributed by atoms with Gasteiger partial charge in [-0.2, -0.15) is 4.31 Å². The van der Waals surface area contributed by atoms with Gasteiger partial charge in [0.25, 0.3) is 0 Å². The fourth-order valence-corrected chi connectivity index (χ4v) is 4.09. The first kappa shape index (κ1) is 19.8. The summed E-state index contributed by atoms with van der Waals surface area (Å²) >= 11 is 1.60. The molecule has 0 aromatic carbocycles. The summed E-state index contributed by atoms with van der Waals surface area (Å²) in [7, 11) is -3.67. The molecule has 0 aliphatic carbocycles. The van der Waals surface area contributed by atoms with Crippen LogP contribution >= 0.6 is 11.3 Å². The number of carboxylic acids is 1. The number of ether oxygens (including phenoxy) is 1. The van der Waals surface area contributed by atoms with Crippen LogP contribution in [-0.4, -0.2) is 79.8 Å². The lowest BCUT2D eigenvalue weighted by atomic mass is 10.2. The third-order valence-electron chi connectivity index (χ3n) is 3.84. The molecule has 25 heavy (non-hydrogen) atoms. The molecule has 1 fully saturated rings. The molecule has 0 bridgehead atoms. The molecule has 10 heteroatoms. The first-order valence-electron chi connectivity index (χ1n) is 7.84. The number of thiophene rings is 1. The van der Waals surface area contributed by atoms with Crippen molar-refractivity contribution in [2.45, 2.75) is 18.9 Å². The number of sulfonamides is 1. The number of carbonyl (C=O) groups excluding carboxylic acids is 1. The van der Waals surface area contributed by atoms with E-state index in [1.165, 1.54) is 0 Å². The first-order valence-corrected chi connectivity index (χ1v) is 10.6. The van der Waals surface area contributed by atoms with Crippen LogP contribution in [0.25, 0.3) is 0 Å². The van der Waals surface area contributed by atoms with Crippen molar-refractivity contribution in [1.29, 1.82) is 0 Å². The normalized spacial score (nSPS) is 18.5. The molecular weight excluding hydrogens is 368 g/mol. The Morgan fingerprint density at radius 3 is 2.84 bits per heavy atom. The van der Waals surface area contributed by atoms with Crippen LogP contribution in [-0.2, 0) is 30.8 Å². The smallest absolute Gasteiger partial charge is 0.318 e. The number of morpholine rings is 1. The number of nitrogens with zero attached hydrogens (tertiary/aromatic N) is 2. The summed E-state index contributed by atoms with van der Waals surface area (Å²) in [5.74, 6) is -1.24. The van der Waals surface area contributed by atoms with Gasteiger partial charge in [-0.15, -0.1) is 11.3 Å². The molecule has 2 heterocycles. The second-order valence-electron chi connectivity index (χ2n) is 5.86. The number of rotatable bonds is 8. The maximum absolute atomic E-state index is 12.3. The highest BCUT2D eigenvalue weighted by Gasteiger charge is 2.29. The number of carboxylic acid groups (broad SMARTS) is 1. The van der Waals surface area contributed by atoms with E-state index < -0.39 is 28.6 Å². The van der Waals surface area contributed by atoms with Gasteiger partial charge in [0.15, 0.2) is 0 Å². The Kier molecular flexibility index (Phi) is 6.94. The van der Waals surface area contributed by atoms with Crippen molar-refractivity contribution < 1.29 is 27.9 Å². The third kappa shape index (κ3) is 6.38. The van der Waals surface area contributed by atoms with E-state index in [2.05, 4.69) is 0 Å². The molecule has 1 N–H and O–H groups in total.